The molecule has 2 aliphatic rings. The van der Waals surface area contributed by atoms with Crippen LogP contribution < -0.4 is 10.2 Å². The topological polar surface area (TPSA) is 111 Å². The number of allylic oxidation sites excluding steroid dienone is 2. The van der Waals surface area contributed by atoms with Gasteiger partial charge in [-0.1, -0.05) is 31.0 Å². The Bertz CT molecular complexity index is 1500. The molecule has 0 spiro atoms. The smallest absolute Gasteiger partial charge is 0.293 e. The van der Waals surface area contributed by atoms with Gasteiger partial charge in [0.15, 0.2) is 0 Å². The van der Waals surface area contributed by atoms with Crippen LogP contribution in [0.4, 0.5) is 30.8 Å². The first-order valence-electron chi connectivity index (χ1n) is 12.1. The van der Waals surface area contributed by atoms with Crippen molar-refractivity contribution in [1.82, 2.24) is 14.8 Å². The lowest BCUT2D eigenvalue weighted by Gasteiger charge is -2.34. The molecule has 192 valence electrons. The zero-order chi connectivity index (χ0) is 27.0. The molecule has 1 saturated carbocycles. The summed E-state index contributed by atoms with van der Waals surface area (Å²) in [5.74, 6) is -0.216. The van der Waals surface area contributed by atoms with Crippen LogP contribution in [0.25, 0.3) is 0 Å². The van der Waals surface area contributed by atoms with E-state index in [9.17, 15) is 28.5 Å². The summed E-state index contributed by atoms with van der Waals surface area (Å²) in [6, 6.07) is 14.8. The number of hydrogen-bond donors (Lipinski definition) is 1. The third kappa shape index (κ3) is 4.48. The summed E-state index contributed by atoms with van der Waals surface area (Å²) in [6.45, 7) is 1.63. The molecule has 5 rings (SSSR count). The van der Waals surface area contributed by atoms with E-state index in [0.29, 0.717) is 16.8 Å². The highest BCUT2D eigenvalue weighted by molar-refractivity contribution is 5.91. The number of carbonyl (C=O) groups excluding carboxylic acids is 1. The van der Waals surface area contributed by atoms with E-state index in [1.54, 1.807) is 31.2 Å². The van der Waals surface area contributed by atoms with Crippen LogP contribution in [0.15, 0.2) is 59.8 Å². The second kappa shape index (κ2) is 9.67. The minimum Gasteiger partial charge on any atom is -0.293 e. The SMILES string of the molecule is CC1=C(C#N)C(c2ccc(C#N)cc2)n2nc(NC(=O)C3CCCC3)nc2N1c1cccc(C(F)(F)F)c1. The fourth-order valence-corrected chi connectivity index (χ4v) is 5.00. The lowest BCUT2D eigenvalue weighted by Crippen LogP contribution is -2.31. The van der Waals surface area contributed by atoms with Crippen molar-refractivity contribution in [3.63, 3.8) is 0 Å². The summed E-state index contributed by atoms with van der Waals surface area (Å²) < 4.78 is 42.0. The molecule has 2 heterocycles. The average molecular weight is 518 g/mol. The number of nitrogens with one attached hydrogen (secondary N) is 1. The highest BCUT2D eigenvalue weighted by Crippen LogP contribution is 2.43. The molecule has 2 aromatic carbocycles. The van der Waals surface area contributed by atoms with Crippen molar-refractivity contribution < 1.29 is 18.0 Å². The number of nitriles is 2. The largest absolute Gasteiger partial charge is 0.416 e. The maximum Gasteiger partial charge on any atom is 0.416 e. The van der Waals surface area contributed by atoms with Gasteiger partial charge in [0, 0.05) is 17.3 Å². The molecular formula is C27H22F3N7O. The molecule has 38 heavy (non-hydrogen) atoms. The Morgan fingerprint density at radius 3 is 2.42 bits per heavy atom. The second-order valence-corrected chi connectivity index (χ2v) is 9.28. The Balaban J connectivity index is 1.65. The molecule has 0 radical (unpaired) electrons. The van der Waals surface area contributed by atoms with Crippen LogP contribution in [-0.2, 0) is 11.0 Å². The van der Waals surface area contributed by atoms with E-state index >= 15 is 0 Å². The van der Waals surface area contributed by atoms with E-state index in [-0.39, 0.29) is 35.0 Å². The Kier molecular flexibility index (Phi) is 6.37. The number of hydrogen-bond acceptors (Lipinski definition) is 6. The quantitative estimate of drug-likeness (QED) is 0.466. The summed E-state index contributed by atoms with van der Waals surface area (Å²) in [4.78, 5) is 18.8. The molecule has 1 atom stereocenters. The molecule has 1 aliphatic carbocycles. The van der Waals surface area contributed by atoms with Crippen LogP contribution in [0.3, 0.4) is 0 Å². The van der Waals surface area contributed by atoms with Crippen LogP contribution in [0.5, 0.6) is 0 Å². The lowest BCUT2D eigenvalue weighted by atomic mass is 9.95. The molecule has 1 unspecified atom stereocenters. The van der Waals surface area contributed by atoms with Crippen LogP contribution in [0, 0.1) is 28.6 Å². The predicted octanol–water partition coefficient (Wildman–Crippen LogP) is 5.84. The van der Waals surface area contributed by atoms with Gasteiger partial charge in [-0.15, -0.1) is 5.10 Å². The number of fused-ring (bicyclic) bond motifs is 1. The van der Waals surface area contributed by atoms with Crippen molar-refractivity contribution >= 4 is 23.5 Å². The van der Waals surface area contributed by atoms with Gasteiger partial charge in [-0.05, 0) is 55.7 Å². The third-order valence-corrected chi connectivity index (χ3v) is 6.93. The van der Waals surface area contributed by atoms with E-state index in [1.807, 2.05) is 6.07 Å². The predicted molar refractivity (Wildman–Crippen MR) is 132 cm³/mol. The summed E-state index contributed by atoms with van der Waals surface area (Å²) in [5.41, 5.74) is 0.955. The number of alkyl halides is 3. The number of rotatable bonds is 4. The molecular weight excluding hydrogens is 495 g/mol. The van der Waals surface area contributed by atoms with E-state index in [1.165, 1.54) is 21.7 Å². The molecule has 1 fully saturated rings. The van der Waals surface area contributed by atoms with Gasteiger partial charge in [0.05, 0.1) is 28.8 Å². The summed E-state index contributed by atoms with van der Waals surface area (Å²) in [5, 5.41) is 26.6. The molecule has 0 bridgehead atoms. The van der Waals surface area contributed by atoms with Gasteiger partial charge in [0.2, 0.25) is 11.9 Å². The maximum atomic E-state index is 13.5. The molecule has 8 nitrogen and oxygen atoms in total. The van der Waals surface area contributed by atoms with Crippen molar-refractivity contribution in [2.45, 2.75) is 44.8 Å². The van der Waals surface area contributed by atoms with Crippen molar-refractivity contribution in [3.8, 4) is 12.1 Å². The van der Waals surface area contributed by atoms with Crippen molar-refractivity contribution in [3.05, 3.63) is 76.5 Å². The van der Waals surface area contributed by atoms with Gasteiger partial charge < -0.3 is 0 Å². The number of amides is 1. The number of nitrogens with zero attached hydrogens (tertiary/aromatic N) is 6. The number of halogens is 3. The highest BCUT2D eigenvalue weighted by atomic mass is 19.4. The van der Waals surface area contributed by atoms with Crippen molar-refractivity contribution in [1.29, 1.82) is 10.5 Å². The number of aromatic nitrogens is 3. The van der Waals surface area contributed by atoms with Gasteiger partial charge in [-0.25, -0.2) is 4.68 Å². The Labute approximate surface area is 216 Å². The van der Waals surface area contributed by atoms with E-state index in [0.717, 1.165) is 37.8 Å². The molecule has 1 aromatic heterocycles. The van der Waals surface area contributed by atoms with Crippen LogP contribution in [0.2, 0.25) is 0 Å². The zero-order valence-corrected chi connectivity index (χ0v) is 20.3. The monoisotopic (exact) mass is 517 g/mol. The Morgan fingerprint density at radius 2 is 1.79 bits per heavy atom. The number of anilines is 3. The first kappa shape index (κ1) is 25.0. The molecule has 1 N–H and O–H groups in total. The Hall–Kier alpha value is -4.64. The van der Waals surface area contributed by atoms with E-state index in [4.69, 9.17) is 0 Å². The van der Waals surface area contributed by atoms with Gasteiger partial charge >= 0.3 is 6.18 Å². The number of benzene rings is 2. The minimum atomic E-state index is -4.57. The standard InChI is InChI=1S/C27H22F3N7O/c1-16-22(15-32)23(18-11-9-17(14-31)10-12-18)37-26(34-25(35-37)33-24(38)19-5-2-3-6-19)36(16)21-8-4-7-20(13-21)27(28,29)30/h4,7-13,19,23H,2-3,5-6H2,1H3,(H,33,35,38). The molecule has 1 amide bonds. The third-order valence-electron chi connectivity index (χ3n) is 6.93. The fraction of sp³-hybridized carbons (Fsp3) is 0.296. The van der Waals surface area contributed by atoms with Gasteiger partial charge in [0.1, 0.15) is 6.04 Å². The van der Waals surface area contributed by atoms with Crippen LogP contribution >= 0.6 is 0 Å². The molecule has 0 saturated heterocycles. The molecule has 11 heteroatoms. The maximum absolute atomic E-state index is 13.5. The van der Waals surface area contributed by atoms with Crippen LogP contribution in [-0.4, -0.2) is 20.7 Å². The average Bonchev–Trinajstić information content (AvgIpc) is 3.58. The van der Waals surface area contributed by atoms with Gasteiger partial charge in [0.25, 0.3) is 5.95 Å². The zero-order valence-electron chi connectivity index (χ0n) is 20.3. The van der Waals surface area contributed by atoms with Gasteiger partial charge in [-0.2, -0.15) is 28.7 Å². The van der Waals surface area contributed by atoms with Crippen molar-refractivity contribution in [2.24, 2.45) is 5.92 Å². The number of carbonyl (C=O) groups is 1. The lowest BCUT2D eigenvalue weighted by molar-refractivity contribution is -0.137. The van der Waals surface area contributed by atoms with E-state index in [2.05, 4.69) is 21.5 Å². The normalized spacial score (nSPS) is 17.6. The summed E-state index contributed by atoms with van der Waals surface area (Å²) >= 11 is 0. The summed E-state index contributed by atoms with van der Waals surface area (Å²) in [6.07, 6.45) is -1.11. The summed E-state index contributed by atoms with van der Waals surface area (Å²) in [7, 11) is 0. The highest BCUT2D eigenvalue weighted by Gasteiger charge is 2.38. The first-order valence-corrected chi connectivity index (χ1v) is 12.1. The van der Waals surface area contributed by atoms with E-state index < -0.39 is 17.8 Å². The minimum absolute atomic E-state index is 0.000453. The second-order valence-electron chi connectivity index (χ2n) is 9.28. The van der Waals surface area contributed by atoms with Crippen molar-refractivity contribution in [2.75, 3.05) is 10.2 Å². The molecule has 3 aromatic rings. The Morgan fingerprint density at radius 1 is 1.08 bits per heavy atom. The van der Waals surface area contributed by atoms with Gasteiger partial charge in [-0.3, -0.25) is 15.0 Å². The molecule has 1 aliphatic heterocycles. The first-order chi connectivity index (χ1) is 18.2. The fourth-order valence-electron chi connectivity index (χ4n) is 5.00. The van der Waals surface area contributed by atoms with Crippen LogP contribution in [0.1, 0.15) is 55.3 Å².